The lowest BCUT2D eigenvalue weighted by Crippen LogP contribution is -2.43. The molecular weight excluding hydrogens is 392 g/mol. The van der Waals surface area contributed by atoms with Crippen LogP contribution in [-0.2, 0) is 9.59 Å². The second-order valence-corrected chi connectivity index (χ2v) is 7.71. The highest BCUT2D eigenvalue weighted by Crippen LogP contribution is 2.32. The quantitative estimate of drug-likeness (QED) is 0.586. The fourth-order valence-corrected chi connectivity index (χ4v) is 3.66. The van der Waals surface area contributed by atoms with E-state index in [1.807, 2.05) is 56.3 Å². The summed E-state index contributed by atoms with van der Waals surface area (Å²) in [6, 6.07) is 14.2. The summed E-state index contributed by atoms with van der Waals surface area (Å²) in [6.07, 6.45) is 4.02. The van der Waals surface area contributed by atoms with Crippen LogP contribution in [0.4, 0.5) is 5.69 Å². The number of rotatable bonds is 10. The molecule has 1 heterocycles. The van der Waals surface area contributed by atoms with Crippen LogP contribution in [0.25, 0.3) is 0 Å². The third-order valence-corrected chi connectivity index (χ3v) is 5.17. The summed E-state index contributed by atoms with van der Waals surface area (Å²) >= 11 is 0. The summed E-state index contributed by atoms with van der Waals surface area (Å²) in [5.41, 5.74) is 1.42. The molecule has 2 aromatic carbocycles. The van der Waals surface area contributed by atoms with E-state index in [4.69, 9.17) is 9.47 Å². The molecule has 1 saturated heterocycles. The van der Waals surface area contributed by atoms with Gasteiger partial charge >= 0.3 is 0 Å². The van der Waals surface area contributed by atoms with E-state index in [2.05, 4.69) is 5.32 Å². The molecule has 1 atom stereocenters. The summed E-state index contributed by atoms with van der Waals surface area (Å²) < 4.78 is 11.6. The SMILES string of the molecule is CCCOc1ccc(NC(=O)C(c2ccccc2)N2CCCCC2=O)cc1OCCC. The number of hydrogen-bond acceptors (Lipinski definition) is 4. The minimum atomic E-state index is -0.662. The normalized spacial score (nSPS) is 14.8. The Morgan fingerprint density at radius 1 is 1.00 bits per heavy atom. The molecule has 1 N–H and O–H groups in total. The van der Waals surface area contributed by atoms with Crippen molar-refractivity contribution in [3.05, 3.63) is 54.1 Å². The Hall–Kier alpha value is -3.02. The van der Waals surface area contributed by atoms with Crippen molar-refractivity contribution in [3.63, 3.8) is 0 Å². The van der Waals surface area contributed by atoms with Crippen LogP contribution in [0.2, 0.25) is 0 Å². The van der Waals surface area contributed by atoms with E-state index < -0.39 is 6.04 Å². The Kier molecular flexibility index (Phi) is 8.33. The Morgan fingerprint density at radius 3 is 2.39 bits per heavy atom. The fourth-order valence-electron chi connectivity index (χ4n) is 3.66. The standard InChI is InChI=1S/C25H32N2O4/c1-3-16-30-21-14-13-20(18-22(21)31-17-4-2)26-25(29)24(19-10-6-5-7-11-19)27-15-9-8-12-23(27)28/h5-7,10-11,13-14,18,24H,3-4,8-9,12,15-17H2,1-2H3,(H,26,29). The second kappa shape index (κ2) is 11.4. The predicted molar refractivity (Wildman–Crippen MR) is 121 cm³/mol. The molecule has 0 spiro atoms. The van der Waals surface area contributed by atoms with Gasteiger partial charge in [0.25, 0.3) is 5.91 Å². The molecule has 2 amide bonds. The number of piperidine rings is 1. The number of nitrogens with zero attached hydrogens (tertiary/aromatic N) is 1. The average molecular weight is 425 g/mol. The lowest BCUT2D eigenvalue weighted by atomic mass is 10.0. The minimum Gasteiger partial charge on any atom is -0.490 e. The summed E-state index contributed by atoms with van der Waals surface area (Å²) in [7, 11) is 0. The van der Waals surface area contributed by atoms with E-state index in [0.717, 1.165) is 31.2 Å². The molecule has 1 aliphatic rings. The topological polar surface area (TPSA) is 67.9 Å². The van der Waals surface area contributed by atoms with Crippen LogP contribution in [0, 0.1) is 0 Å². The first-order chi connectivity index (χ1) is 15.1. The monoisotopic (exact) mass is 424 g/mol. The molecule has 0 bridgehead atoms. The number of anilines is 1. The van der Waals surface area contributed by atoms with E-state index in [9.17, 15) is 9.59 Å². The van der Waals surface area contributed by atoms with Crippen LogP contribution < -0.4 is 14.8 Å². The van der Waals surface area contributed by atoms with Gasteiger partial charge in [0, 0.05) is 24.7 Å². The molecule has 3 rings (SSSR count). The smallest absolute Gasteiger partial charge is 0.251 e. The molecule has 2 aromatic rings. The van der Waals surface area contributed by atoms with E-state index in [1.54, 1.807) is 11.0 Å². The van der Waals surface area contributed by atoms with Crippen molar-refractivity contribution < 1.29 is 19.1 Å². The summed E-state index contributed by atoms with van der Waals surface area (Å²) in [5.74, 6) is 1.06. The van der Waals surface area contributed by atoms with Crippen molar-refractivity contribution >= 4 is 17.5 Å². The Balaban J connectivity index is 1.84. The molecule has 1 fully saturated rings. The number of amides is 2. The highest BCUT2D eigenvalue weighted by atomic mass is 16.5. The predicted octanol–water partition coefficient (Wildman–Crippen LogP) is 4.96. The van der Waals surface area contributed by atoms with Crippen molar-refractivity contribution in [1.29, 1.82) is 0 Å². The molecule has 0 saturated carbocycles. The first-order valence-corrected chi connectivity index (χ1v) is 11.2. The fraction of sp³-hybridized carbons (Fsp3) is 0.440. The van der Waals surface area contributed by atoms with Crippen LogP contribution in [-0.4, -0.2) is 36.5 Å². The number of hydrogen-bond donors (Lipinski definition) is 1. The van der Waals surface area contributed by atoms with Gasteiger partial charge in [0.1, 0.15) is 6.04 Å². The molecule has 0 radical (unpaired) electrons. The molecule has 0 aliphatic carbocycles. The summed E-state index contributed by atoms with van der Waals surface area (Å²) in [4.78, 5) is 27.7. The first-order valence-electron chi connectivity index (χ1n) is 11.2. The summed E-state index contributed by atoms with van der Waals surface area (Å²) in [5, 5.41) is 2.99. The molecular formula is C25H32N2O4. The Bertz CT molecular complexity index is 869. The van der Waals surface area contributed by atoms with Crippen molar-refractivity contribution in [2.45, 2.75) is 52.0 Å². The van der Waals surface area contributed by atoms with E-state index in [-0.39, 0.29) is 11.8 Å². The minimum absolute atomic E-state index is 0.0190. The van der Waals surface area contributed by atoms with Gasteiger partial charge in [0.05, 0.1) is 13.2 Å². The van der Waals surface area contributed by atoms with E-state index in [0.29, 0.717) is 43.4 Å². The number of nitrogens with one attached hydrogen (secondary N) is 1. The van der Waals surface area contributed by atoms with Gasteiger partial charge in [-0.3, -0.25) is 9.59 Å². The lowest BCUT2D eigenvalue weighted by Gasteiger charge is -2.34. The maximum Gasteiger partial charge on any atom is 0.251 e. The van der Waals surface area contributed by atoms with Crippen molar-refractivity contribution in [1.82, 2.24) is 4.90 Å². The number of likely N-dealkylation sites (tertiary alicyclic amines) is 1. The van der Waals surface area contributed by atoms with Crippen molar-refractivity contribution in [3.8, 4) is 11.5 Å². The number of carbonyl (C=O) groups excluding carboxylic acids is 2. The highest BCUT2D eigenvalue weighted by Gasteiger charge is 2.32. The number of benzene rings is 2. The molecule has 6 nitrogen and oxygen atoms in total. The zero-order valence-electron chi connectivity index (χ0n) is 18.4. The van der Waals surface area contributed by atoms with Gasteiger partial charge in [-0.05, 0) is 43.4 Å². The molecule has 1 aliphatic heterocycles. The van der Waals surface area contributed by atoms with Crippen LogP contribution in [0.3, 0.4) is 0 Å². The van der Waals surface area contributed by atoms with Gasteiger partial charge in [0.15, 0.2) is 11.5 Å². The third kappa shape index (κ3) is 6.00. The van der Waals surface area contributed by atoms with Crippen LogP contribution in [0.5, 0.6) is 11.5 Å². The summed E-state index contributed by atoms with van der Waals surface area (Å²) in [6.45, 7) is 5.84. The van der Waals surface area contributed by atoms with Gasteiger partial charge in [-0.15, -0.1) is 0 Å². The van der Waals surface area contributed by atoms with Crippen LogP contribution in [0.1, 0.15) is 57.6 Å². The second-order valence-electron chi connectivity index (χ2n) is 7.71. The van der Waals surface area contributed by atoms with Crippen LogP contribution in [0.15, 0.2) is 48.5 Å². The Morgan fingerprint density at radius 2 is 1.71 bits per heavy atom. The molecule has 166 valence electrons. The third-order valence-electron chi connectivity index (χ3n) is 5.17. The first kappa shape index (κ1) is 22.7. The van der Waals surface area contributed by atoms with Crippen molar-refractivity contribution in [2.24, 2.45) is 0 Å². The number of carbonyl (C=O) groups is 2. The van der Waals surface area contributed by atoms with Gasteiger partial charge in [-0.2, -0.15) is 0 Å². The highest BCUT2D eigenvalue weighted by molar-refractivity contribution is 5.98. The molecule has 31 heavy (non-hydrogen) atoms. The largest absolute Gasteiger partial charge is 0.490 e. The average Bonchev–Trinajstić information content (AvgIpc) is 2.79. The van der Waals surface area contributed by atoms with Crippen molar-refractivity contribution in [2.75, 3.05) is 25.1 Å². The van der Waals surface area contributed by atoms with Gasteiger partial charge in [0.2, 0.25) is 5.91 Å². The molecule has 1 unspecified atom stereocenters. The van der Waals surface area contributed by atoms with E-state index >= 15 is 0 Å². The van der Waals surface area contributed by atoms with Gasteiger partial charge < -0.3 is 19.7 Å². The van der Waals surface area contributed by atoms with Gasteiger partial charge in [-0.1, -0.05) is 44.2 Å². The molecule has 6 heteroatoms. The maximum absolute atomic E-state index is 13.4. The van der Waals surface area contributed by atoms with Crippen LogP contribution >= 0.6 is 0 Å². The zero-order chi connectivity index (χ0) is 22.1. The van der Waals surface area contributed by atoms with Gasteiger partial charge in [-0.25, -0.2) is 0 Å². The number of ether oxygens (including phenoxy) is 2. The van der Waals surface area contributed by atoms with E-state index in [1.165, 1.54) is 0 Å². The Labute approximate surface area is 184 Å². The zero-order valence-corrected chi connectivity index (χ0v) is 18.4. The molecule has 0 aromatic heterocycles. The lowest BCUT2D eigenvalue weighted by molar-refractivity contribution is -0.141. The maximum atomic E-state index is 13.4.